The first-order valence-corrected chi connectivity index (χ1v) is 11.9. The van der Waals surface area contributed by atoms with Crippen LogP contribution in [0.15, 0.2) is 35.6 Å². The van der Waals surface area contributed by atoms with E-state index in [-0.39, 0.29) is 12.5 Å². The molecule has 2 N–H and O–H groups in total. The summed E-state index contributed by atoms with van der Waals surface area (Å²) in [6.07, 6.45) is 1.77. The summed E-state index contributed by atoms with van der Waals surface area (Å²) in [6, 6.07) is 6.89. The van der Waals surface area contributed by atoms with E-state index in [0.717, 1.165) is 23.4 Å². The van der Waals surface area contributed by atoms with E-state index in [0.29, 0.717) is 40.2 Å². The Balaban J connectivity index is 1.62. The number of hydrogen-bond donors (Lipinski definition) is 2. The number of carbonyl (C=O) groups is 1. The van der Waals surface area contributed by atoms with Gasteiger partial charge in [-0.05, 0) is 30.2 Å². The Morgan fingerprint density at radius 3 is 2.62 bits per heavy atom. The third-order valence-corrected chi connectivity index (χ3v) is 5.44. The second-order valence-corrected chi connectivity index (χ2v) is 9.97. The van der Waals surface area contributed by atoms with E-state index >= 15 is 0 Å². The van der Waals surface area contributed by atoms with Gasteiger partial charge in [-0.15, -0.1) is 0 Å². The van der Waals surface area contributed by atoms with Crippen LogP contribution in [0.4, 0.5) is 5.82 Å². The van der Waals surface area contributed by atoms with Crippen molar-refractivity contribution < 1.29 is 9.53 Å². The summed E-state index contributed by atoms with van der Waals surface area (Å²) in [4.78, 5) is 21.5. The number of benzene rings is 1. The van der Waals surface area contributed by atoms with Crippen molar-refractivity contribution in [3.8, 4) is 5.75 Å². The number of aromatic nitrogens is 4. The average molecular weight is 477 g/mol. The molecule has 0 bridgehead atoms. The van der Waals surface area contributed by atoms with Gasteiger partial charge in [-0.3, -0.25) is 4.79 Å². The van der Waals surface area contributed by atoms with Crippen molar-refractivity contribution in [1.29, 1.82) is 0 Å². The van der Waals surface area contributed by atoms with Gasteiger partial charge >= 0.3 is 0 Å². The molecule has 1 amide bonds. The largest absolute Gasteiger partial charge is 0.484 e. The fraction of sp³-hybridized carbons (Fsp3) is 0.455. The number of thioether (sulfide) groups is 1. The number of amides is 1. The van der Waals surface area contributed by atoms with Crippen LogP contribution in [0.25, 0.3) is 11.0 Å². The molecule has 0 saturated carbocycles. The lowest BCUT2D eigenvalue weighted by Crippen LogP contribution is -2.31. The van der Waals surface area contributed by atoms with E-state index < -0.39 is 0 Å². The molecule has 0 aliphatic heterocycles. The molecule has 0 spiro atoms. The van der Waals surface area contributed by atoms with Gasteiger partial charge in [0, 0.05) is 23.4 Å². The Hall–Kier alpha value is -2.52. The number of fused-ring (bicyclic) bond motifs is 1. The maximum Gasteiger partial charge on any atom is 0.258 e. The number of halogens is 1. The molecule has 1 aromatic carbocycles. The minimum Gasteiger partial charge on any atom is -0.484 e. The van der Waals surface area contributed by atoms with Gasteiger partial charge in [0.15, 0.2) is 17.4 Å². The molecule has 0 aliphatic rings. The number of nitrogens with one attached hydrogen (secondary N) is 2. The highest BCUT2D eigenvalue weighted by molar-refractivity contribution is 7.99. The Bertz CT molecular complexity index is 1040. The first kappa shape index (κ1) is 24.1. The summed E-state index contributed by atoms with van der Waals surface area (Å²) in [5, 5.41) is 13.3. The Kier molecular flexibility index (Phi) is 8.58. The molecule has 0 unspecified atom stereocenters. The van der Waals surface area contributed by atoms with Crippen LogP contribution >= 0.6 is 23.4 Å². The summed E-state index contributed by atoms with van der Waals surface area (Å²) in [6.45, 7) is 10.2. The van der Waals surface area contributed by atoms with Crippen LogP contribution in [0.2, 0.25) is 5.02 Å². The number of hydrogen-bond acceptors (Lipinski definition) is 7. The topological polar surface area (TPSA) is 94.0 Å². The average Bonchev–Trinajstić information content (AvgIpc) is 3.14. The van der Waals surface area contributed by atoms with Crippen molar-refractivity contribution in [3.63, 3.8) is 0 Å². The molecule has 0 aliphatic carbocycles. The smallest absolute Gasteiger partial charge is 0.258 e. The standard InChI is InChI=1S/C22H29ClN6O2S/c1-14(2)11-25-20-18-12-26-29(21(18)28-22(27-20)32-15(3)4)10-9-24-19(30)13-31-17-7-5-16(23)6-8-17/h5-8,12,14-15H,9-11,13H2,1-4H3,(H,24,30)(H,25,27,28). The maximum atomic E-state index is 12.1. The second-order valence-electron chi connectivity index (χ2n) is 7.99. The second kappa shape index (κ2) is 11.4. The van der Waals surface area contributed by atoms with Gasteiger partial charge in [-0.2, -0.15) is 5.10 Å². The SMILES string of the molecule is CC(C)CNc1nc(SC(C)C)nc2c1cnn2CCNC(=O)COc1ccc(Cl)cc1. The lowest BCUT2D eigenvalue weighted by molar-refractivity contribution is -0.123. The molecule has 0 atom stereocenters. The molecular weight excluding hydrogens is 448 g/mol. The highest BCUT2D eigenvalue weighted by Gasteiger charge is 2.15. The number of nitrogens with zero attached hydrogens (tertiary/aromatic N) is 4. The zero-order valence-electron chi connectivity index (χ0n) is 18.8. The number of ether oxygens (including phenoxy) is 1. The summed E-state index contributed by atoms with van der Waals surface area (Å²) in [5.41, 5.74) is 0.751. The summed E-state index contributed by atoms with van der Waals surface area (Å²) < 4.78 is 7.26. The van der Waals surface area contributed by atoms with Crippen LogP contribution in [0.1, 0.15) is 27.7 Å². The van der Waals surface area contributed by atoms with Crippen molar-refractivity contribution in [1.82, 2.24) is 25.1 Å². The maximum absolute atomic E-state index is 12.1. The van der Waals surface area contributed by atoms with E-state index in [2.05, 4.69) is 48.4 Å². The Labute approximate surface area is 197 Å². The van der Waals surface area contributed by atoms with Gasteiger partial charge in [-0.25, -0.2) is 14.6 Å². The normalized spacial score (nSPS) is 11.3. The third-order valence-electron chi connectivity index (χ3n) is 4.32. The Morgan fingerprint density at radius 2 is 1.94 bits per heavy atom. The van der Waals surface area contributed by atoms with Crippen molar-refractivity contribution in [2.24, 2.45) is 5.92 Å². The zero-order chi connectivity index (χ0) is 23.1. The lowest BCUT2D eigenvalue weighted by Gasteiger charge is -2.12. The highest BCUT2D eigenvalue weighted by Crippen LogP contribution is 2.26. The number of carbonyl (C=O) groups excluding carboxylic acids is 1. The Morgan fingerprint density at radius 1 is 1.19 bits per heavy atom. The van der Waals surface area contributed by atoms with Gasteiger partial charge in [0.25, 0.3) is 5.91 Å². The van der Waals surface area contributed by atoms with Crippen molar-refractivity contribution in [2.75, 3.05) is 25.0 Å². The van der Waals surface area contributed by atoms with E-state index in [1.165, 1.54) is 0 Å². The fourth-order valence-corrected chi connectivity index (χ4v) is 3.66. The molecule has 3 aromatic rings. The molecule has 32 heavy (non-hydrogen) atoms. The van der Waals surface area contributed by atoms with E-state index in [4.69, 9.17) is 21.3 Å². The fourth-order valence-electron chi connectivity index (χ4n) is 2.83. The molecule has 10 heteroatoms. The van der Waals surface area contributed by atoms with Gasteiger partial charge < -0.3 is 15.4 Å². The molecule has 0 fully saturated rings. The summed E-state index contributed by atoms with van der Waals surface area (Å²) in [7, 11) is 0. The van der Waals surface area contributed by atoms with Crippen LogP contribution in [-0.2, 0) is 11.3 Å². The molecule has 8 nitrogen and oxygen atoms in total. The van der Waals surface area contributed by atoms with Crippen molar-refractivity contribution in [2.45, 2.75) is 44.6 Å². The third kappa shape index (κ3) is 7.00. The molecule has 3 rings (SSSR count). The van der Waals surface area contributed by atoms with Gasteiger partial charge in [0.05, 0.1) is 18.1 Å². The zero-order valence-corrected chi connectivity index (χ0v) is 20.3. The van der Waals surface area contributed by atoms with Crippen LogP contribution in [-0.4, -0.2) is 50.6 Å². The quantitative estimate of drug-likeness (QED) is 0.315. The number of rotatable bonds is 11. The highest BCUT2D eigenvalue weighted by atomic mass is 35.5. The summed E-state index contributed by atoms with van der Waals surface area (Å²) in [5.74, 6) is 1.66. The summed E-state index contributed by atoms with van der Waals surface area (Å²) >= 11 is 7.46. The van der Waals surface area contributed by atoms with E-state index in [9.17, 15) is 4.79 Å². The van der Waals surface area contributed by atoms with Gasteiger partial charge in [-0.1, -0.05) is 51.1 Å². The minimum atomic E-state index is -0.207. The molecule has 0 radical (unpaired) electrons. The van der Waals surface area contributed by atoms with Crippen molar-refractivity contribution in [3.05, 3.63) is 35.5 Å². The van der Waals surface area contributed by atoms with Crippen LogP contribution in [0.3, 0.4) is 0 Å². The van der Waals surface area contributed by atoms with Crippen LogP contribution < -0.4 is 15.4 Å². The van der Waals surface area contributed by atoms with Gasteiger partial charge in [0.2, 0.25) is 0 Å². The lowest BCUT2D eigenvalue weighted by atomic mass is 10.2. The van der Waals surface area contributed by atoms with Crippen LogP contribution in [0, 0.1) is 5.92 Å². The first-order chi connectivity index (χ1) is 15.3. The molecule has 2 aromatic heterocycles. The van der Waals surface area contributed by atoms with Crippen molar-refractivity contribution >= 4 is 46.1 Å². The van der Waals surface area contributed by atoms with Crippen LogP contribution in [0.5, 0.6) is 5.75 Å². The van der Waals surface area contributed by atoms with E-state index in [1.807, 2.05) is 0 Å². The molecular formula is C22H29ClN6O2S. The minimum absolute atomic E-state index is 0.0674. The monoisotopic (exact) mass is 476 g/mol. The van der Waals surface area contributed by atoms with E-state index in [1.54, 1.807) is 46.9 Å². The molecule has 172 valence electrons. The molecule has 0 saturated heterocycles. The van der Waals surface area contributed by atoms with Gasteiger partial charge in [0.1, 0.15) is 11.6 Å². The predicted octanol–water partition coefficient (Wildman–Crippen LogP) is 4.24. The first-order valence-electron chi connectivity index (χ1n) is 10.6. The predicted molar refractivity (Wildman–Crippen MR) is 130 cm³/mol. The molecule has 2 heterocycles. The number of anilines is 1.